The Hall–Kier alpha value is -2.88. The van der Waals surface area contributed by atoms with E-state index in [2.05, 4.69) is 16.3 Å². The largest absolute Gasteiger partial charge is 0.482 e. The van der Waals surface area contributed by atoms with Gasteiger partial charge in [0, 0.05) is 25.9 Å². The number of para-hydroxylation sites is 1. The third-order valence-electron chi connectivity index (χ3n) is 5.50. The minimum atomic E-state index is -0.0437. The number of nitriles is 1. The monoisotopic (exact) mass is 352 g/mol. The fraction of sp³-hybridized carbons (Fsp3) is 0.474. The number of aryl methyl sites for hydroxylation is 1. The molecular weight excluding hydrogens is 332 g/mol. The highest BCUT2D eigenvalue weighted by molar-refractivity contribution is 5.78. The van der Waals surface area contributed by atoms with Gasteiger partial charge in [0.2, 0.25) is 11.8 Å². The first-order chi connectivity index (χ1) is 12.6. The summed E-state index contributed by atoms with van der Waals surface area (Å²) < 4.78 is 11.1. The van der Waals surface area contributed by atoms with Crippen LogP contribution in [0.4, 0.5) is 0 Å². The van der Waals surface area contributed by atoms with Crippen LogP contribution in [0.1, 0.15) is 42.5 Å². The molecule has 2 heterocycles. The third-order valence-corrected chi connectivity index (χ3v) is 5.50. The normalized spacial score (nSPS) is 20.6. The molecule has 134 valence electrons. The number of amides is 1. The first kappa shape index (κ1) is 16.6. The van der Waals surface area contributed by atoms with Gasteiger partial charge in [0.05, 0.1) is 5.56 Å². The Bertz CT molecular complexity index is 862. The van der Waals surface area contributed by atoms with Crippen LogP contribution in [-0.4, -0.2) is 40.7 Å². The van der Waals surface area contributed by atoms with Crippen molar-refractivity contribution in [2.45, 2.75) is 32.1 Å². The second-order valence-corrected chi connectivity index (χ2v) is 7.06. The Morgan fingerprint density at radius 2 is 2.15 bits per heavy atom. The summed E-state index contributed by atoms with van der Waals surface area (Å²) in [6, 6.07) is 9.02. The van der Waals surface area contributed by atoms with Crippen molar-refractivity contribution in [1.29, 1.82) is 5.26 Å². The molecule has 2 aliphatic rings. The Morgan fingerprint density at radius 1 is 1.38 bits per heavy atom. The standard InChI is InChI=1S/C19H20N4O3/c1-13-21-22-18(26-13)15-10-19(15)6-8-23(9-7-19)17(24)12-25-16-5-3-2-4-14(16)11-20/h2-5,15H,6-10,12H2,1H3. The van der Waals surface area contributed by atoms with Gasteiger partial charge in [-0.1, -0.05) is 12.1 Å². The second-order valence-electron chi connectivity index (χ2n) is 7.06. The maximum Gasteiger partial charge on any atom is 0.260 e. The molecule has 4 rings (SSSR count). The molecule has 1 aromatic heterocycles. The molecule has 1 saturated heterocycles. The second kappa shape index (κ2) is 6.45. The highest BCUT2D eigenvalue weighted by Gasteiger charge is 2.58. The highest BCUT2D eigenvalue weighted by Crippen LogP contribution is 2.64. The maximum absolute atomic E-state index is 12.4. The van der Waals surface area contributed by atoms with Crippen LogP contribution in [0.15, 0.2) is 28.7 Å². The van der Waals surface area contributed by atoms with Gasteiger partial charge in [0.1, 0.15) is 11.8 Å². The van der Waals surface area contributed by atoms with Crippen molar-refractivity contribution in [3.05, 3.63) is 41.6 Å². The van der Waals surface area contributed by atoms with Crippen LogP contribution < -0.4 is 4.74 Å². The first-order valence-electron chi connectivity index (χ1n) is 8.81. The van der Waals surface area contributed by atoms with E-state index in [-0.39, 0.29) is 17.9 Å². The summed E-state index contributed by atoms with van der Waals surface area (Å²) in [5.74, 6) is 2.08. The molecule has 1 amide bonds. The van der Waals surface area contributed by atoms with Gasteiger partial charge in [0.15, 0.2) is 6.61 Å². The van der Waals surface area contributed by atoms with Crippen molar-refractivity contribution >= 4 is 5.91 Å². The lowest BCUT2D eigenvalue weighted by Gasteiger charge is -2.32. The van der Waals surface area contributed by atoms with Crippen LogP contribution in [0.3, 0.4) is 0 Å². The zero-order valence-corrected chi connectivity index (χ0v) is 14.6. The Balaban J connectivity index is 1.30. The van der Waals surface area contributed by atoms with Crippen molar-refractivity contribution < 1.29 is 13.9 Å². The van der Waals surface area contributed by atoms with Crippen molar-refractivity contribution in [1.82, 2.24) is 15.1 Å². The molecule has 1 unspecified atom stereocenters. The van der Waals surface area contributed by atoms with Crippen LogP contribution in [0.25, 0.3) is 0 Å². The molecule has 2 fully saturated rings. The molecule has 0 bridgehead atoms. The number of aromatic nitrogens is 2. The lowest BCUT2D eigenvalue weighted by molar-refractivity contribution is -0.135. The molecule has 7 nitrogen and oxygen atoms in total. The lowest BCUT2D eigenvalue weighted by Crippen LogP contribution is -2.41. The molecule has 0 radical (unpaired) electrons. The number of carbonyl (C=O) groups excluding carboxylic acids is 1. The predicted octanol–water partition coefficient (Wildman–Crippen LogP) is 2.42. The summed E-state index contributed by atoms with van der Waals surface area (Å²) in [5, 5.41) is 17.1. The summed E-state index contributed by atoms with van der Waals surface area (Å²) in [4.78, 5) is 14.3. The van der Waals surface area contributed by atoms with Gasteiger partial charge in [-0.3, -0.25) is 4.79 Å². The predicted molar refractivity (Wildman–Crippen MR) is 91.3 cm³/mol. The zero-order chi connectivity index (χ0) is 18.1. The zero-order valence-electron chi connectivity index (χ0n) is 14.6. The van der Waals surface area contributed by atoms with E-state index in [0.29, 0.717) is 36.2 Å². The number of rotatable bonds is 4. The van der Waals surface area contributed by atoms with Crippen molar-refractivity contribution in [3.8, 4) is 11.8 Å². The molecule has 1 aliphatic heterocycles. The molecule has 7 heteroatoms. The Labute approximate surface area is 151 Å². The minimum Gasteiger partial charge on any atom is -0.482 e. The number of ether oxygens (including phenoxy) is 1. The van der Waals surface area contributed by atoms with Crippen molar-refractivity contribution in [2.24, 2.45) is 5.41 Å². The summed E-state index contributed by atoms with van der Waals surface area (Å²) in [6.45, 7) is 3.19. The van der Waals surface area contributed by atoms with E-state index >= 15 is 0 Å². The minimum absolute atomic E-state index is 0.0431. The number of likely N-dealkylation sites (tertiary alicyclic amines) is 1. The van der Waals surface area contributed by atoms with E-state index < -0.39 is 0 Å². The van der Waals surface area contributed by atoms with Crippen molar-refractivity contribution in [3.63, 3.8) is 0 Å². The Morgan fingerprint density at radius 3 is 2.85 bits per heavy atom. The average molecular weight is 352 g/mol. The van der Waals surface area contributed by atoms with Crippen LogP contribution in [0, 0.1) is 23.7 Å². The average Bonchev–Trinajstić information content (AvgIpc) is 3.18. The smallest absolute Gasteiger partial charge is 0.260 e. The van der Waals surface area contributed by atoms with E-state index in [9.17, 15) is 4.79 Å². The van der Waals surface area contributed by atoms with Gasteiger partial charge in [-0.15, -0.1) is 10.2 Å². The molecular formula is C19H20N4O3. The van der Waals surface area contributed by atoms with Crippen LogP contribution in [0.5, 0.6) is 5.75 Å². The molecule has 0 N–H and O–H groups in total. The van der Waals surface area contributed by atoms with E-state index in [1.807, 2.05) is 4.90 Å². The summed E-state index contributed by atoms with van der Waals surface area (Å²) in [5.41, 5.74) is 0.651. The molecule has 1 spiro atoms. The number of piperidine rings is 1. The van der Waals surface area contributed by atoms with Crippen LogP contribution >= 0.6 is 0 Å². The lowest BCUT2D eigenvalue weighted by atomic mass is 9.91. The maximum atomic E-state index is 12.4. The number of benzene rings is 1. The fourth-order valence-corrected chi connectivity index (χ4v) is 3.82. The van der Waals surface area contributed by atoms with Gasteiger partial charge in [0.25, 0.3) is 5.91 Å². The first-order valence-corrected chi connectivity index (χ1v) is 8.81. The summed E-state index contributed by atoms with van der Waals surface area (Å²) >= 11 is 0. The van der Waals surface area contributed by atoms with Crippen LogP contribution in [0.2, 0.25) is 0 Å². The van der Waals surface area contributed by atoms with Crippen LogP contribution in [-0.2, 0) is 4.79 Å². The van der Waals surface area contributed by atoms with E-state index in [0.717, 1.165) is 25.2 Å². The fourth-order valence-electron chi connectivity index (χ4n) is 3.82. The summed E-state index contributed by atoms with van der Waals surface area (Å²) in [7, 11) is 0. The SMILES string of the molecule is Cc1nnc(C2CC23CCN(C(=O)COc2ccccc2C#N)CC3)o1. The van der Waals surface area contributed by atoms with Gasteiger partial charge >= 0.3 is 0 Å². The number of hydrogen-bond acceptors (Lipinski definition) is 6. The van der Waals surface area contributed by atoms with E-state index in [4.69, 9.17) is 14.4 Å². The van der Waals surface area contributed by atoms with Crippen molar-refractivity contribution in [2.75, 3.05) is 19.7 Å². The summed E-state index contributed by atoms with van der Waals surface area (Å²) in [6.07, 6.45) is 2.95. The molecule has 26 heavy (non-hydrogen) atoms. The highest BCUT2D eigenvalue weighted by atomic mass is 16.5. The number of carbonyl (C=O) groups is 1. The van der Waals surface area contributed by atoms with E-state index in [1.54, 1.807) is 31.2 Å². The van der Waals surface area contributed by atoms with Gasteiger partial charge < -0.3 is 14.1 Å². The topological polar surface area (TPSA) is 92.3 Å². The number of hydrogen-bond donors (Lipinski definition) is 0. The number of nitrogens with zero attached hydrogens (tertiary/aromatic N) is 4. The molecule has 1 saturated carbocycles. The molecule has 1 aromatic carbocycles. The quantitative estimate of drug-likeness (QED) is 0.839. The van der Waals surface area contributed by atoms with Gasteiger partial charge in [-0.05, 0) is 36.8 Å². The molecule has 2 aromatic rings. The third kappa shape index (κ3) is 3.03. The van der Waals surface area contributed by atoms with E-state index in [1.165, 1.54) is 0 Å². The molecule has 1 aliphatic carbocycles. The molecule has 1 atom stereocenters. The Kier molecular flexibility index (Phi) is 4.11. The van der Waals surface area contributed by atoms with Gasteiger partial charge in [-0.25, -0.2) is 0 Å². The van der Waals surface area contributed by atoms with Gasteiger partial charge in [-0.2, -0.15) is 5.26 Å².